The van der Waals surface area contributed by atoms with Crippen LogP contribution in [0.15, 0.2) is 47.4 Å². The van der Waals surface area contributed by atoms with Gasteiger partial charge in [0.25, 0.3) is 4.87 Å². The Kier molecular flexibility index (Phi) is 4.41. The van der Waals surface area contributed by atoms with Crippen molar-refractivity contribution in [2.24, 2.45) is 0 Å². The molecule has 1 unspecified atom stereocenters. The maximum Gasteiger partial charge on any atom is 0.408 e. The van der Waals surface area contributed by atoms with E-state index >= 15 is 0 Å². The van der Waals surface area contributed by atoms with Gasteiger partial charge in [-0.2, -0.15) is 0 Å². The van der Waals surface area contributed by atoms with Gasteiger partial charge < -0.3 is 9.47 Å². The number of amides is 1. The number of esters is 1. The van der Waals surface area contributed by atoms with E-state index in [2.05, 4.69) is 10.1 Å². The van der Waals surface area contributed by atoms with Gasteiger partial charge in [-0.25, -0.2) is 18.0 Å². The van der Waals surface area contributed by atoms with Crippen LogP contribution in [0.1, 0.15) is 11.1 Å². The van der Waals surface area contributed by atoms with Crippen LogP contribution in [0, 0.1) is 6.92 Å². The lowest BCUT2D eigenvalue weighted by Gasteiger charge is -2.26. The van der Waals surface area contributed by atoms with Gasteiger partial charge in [-0.1, -0.05) is 29.3 Å². The molecule has 0 saturated carbocycles. The number of hydrogen-bond donors (Lipinski definition) is 1. The summed E-state index contributed by atoms with van der Waals surface area (Å²) in [7, 11) is -3.39. The minimum absolute atomic E-state index is 0.00788. The first-order valence-corrected chi connectivity index (χ1v) is 9.28. The zero-order valence-corrected chi connectivity index (χ0v) is 15.3. The second-order valence-electron chi connectivity index (χ2n) is 5.64. The Balaban J connectivity index is 2.31. The third-order valence-electron chi connectivity index (χ3n) is 4.01. The number of halogens is 1. The van der Waals surface area contributed by atoms with Crippen LogP contribution >= 0.6 is 11.6 Å². The van der Waals surface area contributed by atoms with Gasteiger partial charge in [-0.05, 0) is 37.3 Å². The minimum Gasteiger partial charge on any atom is -0.453 e. The first-order chi connectivity index (χ1) is 12.2. The van der Waals surface area contributed by atoms with E-state index in [-0.39, 0.29) is 21.2 Å². The van der Waals surface area contributed by atoms with Crippen molar-refractivity contribution in [2.45, 2.75) is 16.7 Å². The number of ether oxygens (including phenoxy) is 2. The number of carbonyl (C=O) groups excluding carboxylic acids is 2. The molecule has 0 aromatic heterocycles. The van der Waals surface area contributed by atoms with Crippen LogP contribution in [0.4, 0.5) is 4.79 Å². The number of hydrogen-bond acceptors (Lipinski definition) is 6. The fourth-order valence-corrected chi connectivity index (χ4v) is 4.62. The van der Waals surface area contributed by atoms with Crippen LogP contribution in [-0.2, 0) is 24.2 Å². The Morgan fingerprint density at radius 3 is 2.46 bits per heavy atom. The Morgan fingerprint density at radius 2 is 1.85 bits per heavy atom. The molecular weight excluding hydrogens is 382 g/mol. The summed E-state index contributed by atoms with van der Waals surface area (Å²) in [5.41, 5.74) is 0.748. The summed E-state index contributed by atoms with van der Waals surface area (Å²) >= 11 is 5.98. The first kappa shape index (κ1) is 18.2. The van der Waals surface area contributed by atoms with E-state index in [0.717, 1.165) is 12.7 Å². The molecule has 1 aliphatic heterocycles. The number of carbonyl (C=O) groups is 2. The van der Waals surface area contributed by atoms with Crippen LogP contribution in [0.3, 0.4) is 0 Å². The van der Waals surface area contributed by atoms with E-state index in [9.17, 15) is 18.0 Å². The molecule has 0 bridgehead atoms. The summed E-state index contributed by atoms with van der Waals surface area (Å²) < 4.78 is 36.4. The summed E-state index contributed by atoms with van der Waals surface area (Å²) in [4.78, 5) is 21.9. The van der Waals surface area contributed by atoms with Gasteiger partial charge in [-0.15, -0.1) is 0 Å². The van der Waals surface area contributed by atoms with E-state index < -0.39 is 26.8 Å². The molecule has 9 heteroatoms. The predicted octanol–water partition coefficient (Wildman–Crippen LogP) is 2.55. The molecule has 1 N–H and O–H groups in total. The van der Waals surface area contributed by atoms with E-state index in [4.69, 9.17) is 16.3 Å². The zero-order chi connectivity index (χ0) is 19.1. The van der Waals surface area contributed by atoms with Gasteiger partial charge in [0.2, 0.25) is 9.84 Å². The van der Waals surface area contributed by atoms with Gasteiger partial charge in [0.1, 0.15) is 5.75 Å². The highest BCUT2D eigenvalue weighted by Crippen LogP contribution is 2.45. The molecule has 0 aliphatic carbocycles. The quantitative estimate of drug-likeness (QED) is 0.633. The molecule has 2 aromatic carbocycles. The number of fused-ring (bicyclic) bond motifs is 1. The summed E-state index contributed by atoms with van der Waals surface area (Å²) in [6.45, 7) is 1.79. The molecule has 136 valence electrons. The lowest BCUT2D eigenvalue weighted by atomic mass is 10.1. The van der Waals surface area contributed by atoms with Crippen molar-refractivity contribution in [3.8, 4) is 5.75 Å². The smallest absolute Gasteiger partial charge is 0.408 e. The van der Waals surface area contributed by atoms with Crippen molar-refractivity contribution in [2.75, 3.05) is 7.11 Å². The molecule has 0 radical (unpaired) electrons. The fraction of sp³-hybridized carbons (Fsp3) is 0.176. The molecule has 0 spiro atoms. The van der Waals surface area contributed by atoms with Crippen LogP contribution in [-0.4, -0.2) is 27.6 Å². The van der Waals surface area contributed by atoms with Gasteiger partial charge in [0.05, 0.1) is 12.0 Å². The molecule has 3 rings (SSSR count). The summed E-state index contributed by atoms with van der Waals surface area (Å²) in [5.74, 6) is -1.17. The topological polar surface area (TPSA) is 98.8 Å². The van der Waals surface area contributed by atoms with Gasteiger partial charge in [-0.3, -0.25) is 5.32 Å². The van der Waals surface area contributed by atoms with Crippen LogP contribution < -0.4 is 10.1 Å². The number of methoxy groups -OCH3 is 1. The molecule has 0 saturated heterocycles. The van der Waals surface area contributed by atoms with Crippen LogP contribution in [0.25, 0.3) is 0 Å². The maximum absolute atomic E-state index is 13.4. The largest absolute Gasteiger partial charge is 0.453 e. The Hall–Kier alpha value is -2.58. The molecule has 26 heavy (non-hydrogen) atoms. The SMILES string of the molecule is COC(=O)NC1(S(=O)(=O)c2ccc(C)cc2)C(=O)Oc2ccc(Cl)cc21. The maximum atomic E-state index is 13.4. The Labute approximate surface area is 154 Å². The van der Waals surface area contributed by atoms with Crippen LogP contribution in [0.5, 0.6) is 5.75 Å². The fourth-order valence-electron chi connectivity index (χ4n) is 2.68. The minimum atomic E-state index is -4.45. The number of rotatable bonds is 3. The molecule has 1 aliphatic rings. The molecule has 1 heterocycles. The Bertz CT molecular complexity index is 1000. The third-order valence-corrected chi connectivity index (χ3v) is 6.43. The molecule has 7 nitrogen and oxygen atoms in total. The van der Waals surface area contributed by atoms with E-state index in [0.29, 0.717) is 0 Å². The second-order valence-corrected chi connectivity index (χ2v) is 8.17. The Morgan fingerprint density at radius 1 is 1.19 bits per heavy atom. The summed E-state index contributed by atoms with van der Waals surface area (Å²) in [6.07, 6.45) is -1.11. The number of nitrogens with one attached hydrogen (secondary N) is 1. The predicted molar refractivity (Wildman–Crippen MR) is 92.7 cm³/mol. The normalized spacial score (nSPS) is 18.8. The lowest BCUT2D eigenvalue weighted by Crippen LogP contribution is -2.55. The van der Waals surface area contributed by atoms with E-state index in [1.54, 1.807) is 19.1 Å². The van der Waals surface area contributed by atoms with Crippen molar-refractivity contribution >= 4 is 33.5 Å². The second kappa shape index (κ2) is 6.30. The number of aryl methyl sites for hydroxylation is 1. The van der Waals surface area contributed by atoms with Gasteiger partial charge in [0.15, 0.2) is 0 Å². The highest BCUT2D eigenvalue weighted by atomic mass is 35.5. The third kappa shape index (κ3) is 2.62. The molecule has 0 fully saturated rings. The number of benzene rings is 2. The van der Waals surface area contributed by atoms with Crippen molar-refractivity contribution in [3.05, 3.63) is 58.6 Å². The number of alkyl carbamates (subject to hydrolysis) is 1. The average molecular weight is 396 g/mol. The molecule has 1 atom stereocenters. The van der Waals surface area contributed by atoms with Crippen molar-refractivity contribution < 1.29 is 27.5 Å². The lowest BCUT2D eigenvalue weighted by molar-refractivity contribution is -0.136. The van der Waals surface area contributed by atoms with Gasteiger partial charge in [0, 0.05) is 10.6 Å². The van der Waals surface area contributed by atoms with E-state index in [1.807, 2.05) is 0 Å². The van der Waals surface area contributed by atoms with Crippen molar-refractivity contribution in [1.82, 2.24) is 5.32 Å². The van der Waals surface area contributed by atoms with Crippen molar-refractivity contribution in [3.63, 3.8) is 0 Å². The van der Waals surface area contributed by atoms with Crippen molar-refractivity contribution in [1.29, 1.82) is 0 Å². The molecule has 1 amide bonds. The number of sulfone groups is 1. The standard InChI is InChI=1S/C17H14ClNO6S/c1-10-3-6-12(7-4-10)26(22,23)17(19-16(21)24-2)13-9-11(18)5-8-14(13)25-15(17)20/h3-9H,1-2H3,(H,19,21). The molecular formula is C17H14ClNO6S. The van der Waals surface area contributed by atoms with Crippen LogP contribution in [0.2, 0.25) is 5.02 Å². The zero-order valence-electron chi connectivity index (χ0n) is 13.8. The monoisotopic (exact) mass is 395 g/mol. The average Bonchev–Trinajstić information content (AvgIpc) is 2.88. The van der Waals surface area contributed by atoms with E-state index in [1.165, 1.54) is 30.3 Å². The highest BCUT2D eigenvalue weighted by Gasteiger charge is 2.61. The highest BCUT2D eigenvalue weighted by molar-refractivity contribution is 7.93. The van der Waals surface area contributed by atoms with Gasteiger partial charge >= 0.3 is 12.1 Å². The summed E-state index contributed by atoms with van der Waals surface area (Å²) in [5, 5.41) is 2.32. The first-order valence-electron chi connectivity index (χ1n) is 7.42. The summed E-state index contributed by atoms with van der Waals surface area (Å²) in [6, 6.07) is 9.93. The molecule has 2 aromatic rings.